The third-order valence-corrected chi connectivity index (χ3v) is 6.56. The van der Waals surface area contributed by atoms with E-state index in [4.69, 9.17) is 0 Å². The molecule has 2 unspecified atom stereocenters. The lowest BCUT2D eigenvalue weighted by molar-refractivity contribution is -0.142. The largest absolute Gasteiger partial charge is 0.282 e. The Morgan fingerprint density at radius 3 is 2.11 bits per heavy atom. The van der Waals surface area contributed by atoms with E-state index in [1.165, 1.54) is 19.3 Å². The number of hydrogen-bond acceptors (Lipinski definition) is 2. The van der Waals surface area contributed by atoms with Gasteiger partial charge in [0.15, 0.2) is 0 Å². The molecule has 2 amide bonds. The summed E-state index contributed by atoms with van der Waals surface area (Å²) in [5.74, 6) is 0.281. The van der Waals surface area contributed by atoms with E-state index in [2.05, 4.69) is 15.9 Å². The fourth-order valence-corrected chi connectivity index (χ4v) is 4.93. The first kappa shape index (κ1) is 13.6. The number of fused-ring (bicyclic) bond motifs is 1. The molecule has 3 rings (SSSR count). The second kappa shape index (κ2) is 5.19. The monoisotopic (exact) mass is 327 g/mol. The van der Waals surface area contributed by atoms with Crippen LogP contribution in [-0.4, -0.2) is 28.6 Å². The predicted molar refractivity (Wildman–Crippen MR) is 76.9 cm³/mol. The van der Waals surface area contributed by atoms with Crippen LogP contribution in [0.15, 0.2) is 0 Å². The molecule has 0 aromatic heterocycles. The molecule has 19 heavy (non-hydrogen) atoms. The minimum Gasteiger partial charge on any atom is -0.282 e. The molecule has 3 nitrogen and oxygen atoms in total. The summed E-state index contributed by atoms with van der Waals surface area (Å²) >= 11 is 3.63. The van der Waals surface area contributed by atoms with Gasteiger partial charge < -0.3 is 0 Å². The molecule has 0 N–H and O–H groups in total. The Kier molecular flexibility index (Phi) is 3.71. The van der Waals surface area contributed by atoms with E-state index in [0.29, 0.717) is 6.54 Å². The van der Waals surface area contributed by atoms with Crippen LogP contribution in [0.1, 0.15) is 51.4 Å². The topological polar surface area (TPSA) is 37.4 Å². The number of nitrogens with zero attached hydrogens (tertiary/aromatic N) is 1. The highest BCUT2D eigenvalue weighted by Gasteiger charge is 2.51. The number of carbonyl (C=O) groups is 2. The van der Waals surface area contributed by atoms with Crippen molar-refractivity contribution in [3.8, 4) is 0 Å². The van der Waals surface area contributed by atoms with Crippen molar-refractivity contribution in [2.75, 3.05) is 11.9 Å². The standard InChI is InChI=1S/C15H22BrNO2/c16-9-15(7-2-1-3-8-15)10-17-13(18)11-5-4-6-12(11)14(17)19/h11-12H,1-10H2. The summed E-state index contributed by atoms with van der Waals surface area (Å²) in [5, 5.41) is 0.909. The van der Waals surface area contributed by atoms with E-state index in [9.17, 15) is 9.59 Å². The lowest BCUT2D eigenvalue weighted by Crippen LogP contribution is -2.44. The van der Waals surface area contributed by atoms with Crippen LogP contribution >= 0.6 is 15.9 Å². The van der Waals surface area contributed by atoms with E-state index in [-0.39, 0.29) is 29.1 Å². The second-order valence-corrected chi connectivity index (χ2v) is 7.16. The van der Waals surface area contributed by atoms with Crippen molar-refractivity contribution < 1.29 is 9.59 Å². The van der Waals surface area contributed by atoms with Crippen molar-refractivity contribution in [1.29, 1.82) is 0 Å². The van der Waals surface area contributed by atoms with Gasteiger partial charge in [-0.2, -0.15) is 0 Å². The minimum atomic E-state index is 0.0171. The minimum absolute atomic E-state index is 0.0171. The number of amides is 2. The molecule has 1 heterocycles. The second-order valence-electron chi connectivity index (χ2n) is 6.60. The Hall–Kier alpha value is -0.380. The smallest absolute Gasteiger partial charge is 0.233 e. The van der Waals surface area contributed by atoms with Crippen molar-refractivity contribution in [3.05, 3.63) is 0 Å². The van der Waals surface area contributed by atoms with Gasteiger partial charge in [0.2, 0.25) is 11.8 Å². The van der Waals surface area contributed by atoms with Crippen LogP contribution in [0.5, 0.6) is 0 Å². The average Bonchev–Trinajstić information content (AvgIpc) is 3.00. The maximum atomic E-state index is 12.4. The highest BCUT2D eigenvalue weighted by molar-refractivity contribution is 9.09. The van der Waals surface area contributed by atoms with E-state index in [1.54, 1.807) is 4.90 Å². The lowest BCUT2D eigenvalue weighted by atomic mass is 9.75. The molecule has 0 radical (unpaired) electrons. The van der Waals surface area contributed by atoms with E-state index >= 15 is 0 Å². The van der Waals surface area contributed by atoms with Crippen LogP contribution in [0, 0.1) is 17.3 Å². The van der Waals surface area contributed by atoms with E-state index in [1.807, 2.05) is 0 Å². The van der Waals surface area contributed by atoms with Crippen LogP contribution in [0.3, 0.4) is 0 Å². The first-order valence-corrected chi connectivity index (χ1v) is 8.70. The molecular formula is C15H22BrNO2. The quantitative estimate of drug-likeness (QED) is 0.590. The van der Waals surface area contributed by atoms with Gasteiger partial charge in [-0.15, -0.1) is 0 Å². The normalized spacial score (nSPS) is 33.8. The summed E-state index contributed by atoms with van der Waals surface area (Å²) < 4.78 is 0. The molecule has 0 bridgehead atoms. The van der Waals surface area contributed by atoms with Gasteiger partial charge in [-0.05, 0) is 31.1 Å². The van der Waals surface area contributed by atoms with Gasteiger partial charge in [0, 0.05) is 11.9 Å². The van der Waals surface area contributed by atoms with Crippen LogP contribution in [-0.2, 0) is 9.59 Å². The van der Waals surface area contributed by atoms with E-state index in [0.717, 1.165) is 37.4 Å². The number of imide groups is 1. The highest BCUT2D eigenvalue weighted by atomic mass is 79.9. The lowest BCUT2D eigenvalue weighted by Gasteiger charge is -2.38. The molecule has 2 saturated carbocycles. The molecule has 3 fully saturated rings. The van der Waals surface area contributed by atoms with Crippen molar-refractivity contribution in [1.82, 2.24) is 4.90 Å². The number of carbonyl (C=O) groups excluding carboxylic acids is 2. The Balaban J connectivity index is 1.75. The zero-order chi connectivity index (χ0) is 13.5. The molecular weight excluding hydrogens is 306 g/mol. The first-order chi connectivity index (χ1) is 9.17. The van der Waals surface area contributed by atoms with Crippen molar-refractivity contribution in [3.63, 3.8) is 0 Å². The van der Waals surface area contributed by atoms with Crippen LogP contribution in [0.25, 0.3) is 0 Å². The number of alkyl halides is 1. The van der Waals surface area contributed by atoms with Crippen molar-refractivity contribution in [2.45, 2.75) is 51.4 Å². The summed E-state index contributed by atoms with van der Waals surface area (Å²) in [6.45, 7) is 0.656. The van der Waals surface area contributed by atoms with Gasteiger partial charge in [0.05, 0.1) is 11.8 Å². The van der Waals surface area contributed by atoms with Gasteiger partial charge in [0.25, 0.3) is 0 Å². The highest BCUT2D eigenvalue weighted by Crippen LogP contribution is 2.44. The molecule has 0 aromatic carbocycles. The summed E-state index contributed by atoms with van der Waals surface area (Å²) in [6.07, 6.45) is 8.94. The zero-order valence-electron chi connectivity index (χ0n) is 11.4. The molecule has 3 aliphatic rings. The first-order valence-electron chi connectivity index (χ1n) is 7.58. The third-order valence-electron chi connectivity index (χ3n) is 5.37. The SMILES string of the molecule is O=C1C2CCCC2C(=O)N1CC1(CBr)CCCCC1. The molecule has 1 saturated heterocycles. The molecule has 2 atom stereocenters. The van der Waals surface area contributed by atoms with Crippen LogP contribution < -0.4 is 0 Å². The summed E-state index contributed by atoms with van der Waals surface area (Å²) in [6, 6.07) is 0. The molecule has 0 spiro atoms. The maximum Gasteiger partial charge on any atom is 0.233 e. The number of rotatable bonds is 3. The maximum absolute atomic E-state index is 12.4. The number of likely N-dealkylation sites (tertiary alicyclic amines) is 1. The zero-order valence-corrected chi connectivity index (χ0v) is 13.0. The summed E-state index contributed by atoms with van der Waals surface area (Å²) in [5.41, 5.74) is 0.141. The Bertz CT molecular complexity index is 368. The van der Waals surface area contributed by atoms with Gasteiger partial charge in [-0.3, -0.25) is 14.5 Å². The molecule has 106 valence electrons. The fourth-order valence-electron chi connectivity index (χ4n) is 4.19. The number of hydrogen-bond donors (Lipinski definition) is 0. The summed E-state index contributed by atoms with van der Waals surface area (Å²) in [4.78, 5) is 26.5. The molecule has 2 aliphatic carbocycles. The molecule has 0 aromatic rings. The van der Waals surface area contributed by atoms with Crippen LogP contribution in [0.4, 0.5) is 0 Å². The van der Waals surface area contributed by atoms with E-state index < -0.39 is 0 Å². The van der Waals surface area contributed by atoms with Gasteiger partial charge in [-0.25, -0.2) is 0 Å². The van der Waals surface area contributed by atoms with Gasteiger partial charge >= 0.3 is 0 Å². The fraction of sp³-hybridized carbons (Fsp3) is 0.867. The molecule has 1 aliphatic heterocycles. The Morgan fingerprint density at radius 2 is 1.58 bits per heavy atom. The van der Waals surface area contributed by atoms with Crippen molar-refractivity contribution in [2.24, 2.45) is 17.3 Å². The molecule has 4 heteroatoms. The number of halogens is 1. The van der Waals surface area contributed by atoms with Gasteiger partial charge in [0.1, 0.15) is 0 Å². The Morgan fingerprint density at radius 1 is 1.00 bits per heavy atom. The van der Waals surface area contributed by atoms with Gasteiger partial charge in [-0.1, -0.05) is 41.6 Å². The van der Waals surface area contributed by atoms with Crippen LogP contribution in [0.2, 0.25) is 0 Å². The predicted octanol–water partition coefficient (Wildman–Crippen LogP) is 3.12. The Labute approximate surface area is 123 Å². The third kappa shape index (κ3) is 2.26. The van der Waals surface area contributed by atoms with Crippen molar-refractivity contribution >= 4 is 27.7 Å². The average molecular weight is 328 g/mol. The summed E-state index contributed by atoms with van der Waals surface area (Å²) in [7, 11) is 0.